The monoisotopic (exact) mass is 547 g/mol. The second-order valence-corrected chi connectivity index (χ2v) is 11.5. The lowest BCUT2D eigenvalue weighted by molar-refractivity contribution is -0.384. The number of nitrogens with zero attached hydrogens (tertiary/aromatic N) is 3. The van der Waals surface area contributed by atoms with E-state index in [0.717, 1.165) is 29.5 Å². The van der Waals surface area contributed by atoms with E-state index in [1.54, 1.807) is 23.2 Å². The van der Waals surface area contributed by atoms with Crippen LogP contribution >= 0.6 is 0 Å². The molecule has 10 heteroatoms. The van der Waals surface area contributed by atoms with Gasteiger partial charge in [-0.2, -0.15) is 0 Å². The fraction of sp³-hybridized carbons (Fsp3) is 0.433. The standard InChI is InChI=1S/C30H37N5O5/c1-18(2)26(33-29(37)40-6)28(36)34-15-7-8-25(34)27-31-17-23(32-27)20-11-14-24(35(38)39)22(16-20)19-9-12-21(13-10-19)30(3,4)5/h9-14,16-18,25-26H,7-8,15H2,1-6H3,(H,31,32)(H,33,37)/t25-,26-/m0/s1. The maximum atomic E-state index is 13.4. The molecule has 1 aliphatic heterocycles. The number of imidazole rings is 1. The van der Waals surface area contributed by atoms with Gasteiger partial charge >= 0.3 is 6.09 Å². The first-order valence-electron chi connectivity index (χ1n) is 13.5. The van der Waals surface area contributed by atoms with Crippen LogP contribution in [0.15, 0.2) is 48.7 Å². The minimum Gasteiger partial charge on any atom is -0.453 e. The number of hydrogen-bond acceptors (Lipinski definition) is 6. The summed E-state index contributed by atoms with van der Waals surface area (Å²) in [4.78, 5) is 46.5. The minimum atomic E-state index is -0.718. The molecule has 1 saturated heterocycles. The summed E-state index contributed by atoms with van der Waals surface area (Å²) in [6, 6.07) is 11.9. The predicted octanol–water partition coefficient (Wildman–Crippen LogP) is 5.99. The van der Waals surface area contributed by atoms with Crippen molar-refractivity contribution >= 4 is 17.7 Å². The molecule has 2 atom stereocenters. The van der Waals surface area contributed by atoms with Crippen molar-refractivity contribution in [3.63, 3.8) is 0 Å². The smallest absolute Gasteiger partial charge is 0.407 e. The average molecular weight is 548 g/mol. The maximum Gasteiger partial charge on any atom is 0.407 e. The summed E-state index contributed by atoms with van der Waals surface area (Å²) >= 11 is 0. The molecule has 2 heterocycles. The summed E-state index contributed by atoms with van der Waals surface area (Å²) in [7, 11) is 1.27. The molecule has 1 fully saturated rings. The summed E-state index contributed by atoms with van der Waals surface area (Å²) in [6.45, 7) is 10.7. The van der Waals surface area contributed by atoms with E-state index in [1.807, 2.05) is 38.1 Å². The summed E-state index contributed by atoms with van der Waals surface area (Å²) < 4.78 is 4.71. The molecule has 4 rings (SSSR count). The highest BCUT2D eigenvalue weighted by Gasteiger charge is 2.37. The van der Waals surface area contributed by atoms with Crippen molar-refractivity contribution in [1.29, 1.82) is 0 Å². The Morgan fingerprint density at radius 2 is 1.82 bits per heavy atom. The molecule has 0 unspecified atom stereocenters. The first kappa shape index (κ1) is 28.8. The van der Waals surface area contributed by atoms with Gasteiger partial charge in [0, 0.05) is 18.2 Å². The summed E-state index contributed by atoms with van der Waals surface area (Å²) in [6.07, 6.45) is 2.58. The van der Waals surface area contributed by atoms with E-state index in [9.17, 15) is 19.7 Å². The van der Waals surface area contributed by atoms with Crippen molar-refractivity contribution in [3.8, 4) is 22.4 Å². The van der Waals surface area contributed by atoms with Crippen LogP contribution in [-0.4, -0.2) is 51.5 Å². The number of nitro benzene ring substituents is 1. The molecule has 40 heavy (non-hydrogen) atoms. The Kier molecular flexibility index (Phi) is 8.27. The molecule has 0 aliphatic carbocycles. The molecule has 212 valence electrons. The zero-order valence-electron chi connectivity index (χ0n) is 23.9. The normalized spacial score (nSPS) is 16.2. The topological polar surface area (TPSA) is 130 Å². The van der Waals surface area contributed by atoms with E-state index in [2.05, 4.69) is 36.1 Å². The molecular formula is C30H37N5O5. The van der Waals surface area contributed by atoms with Crippen LogP contribution in [0, 0.1) is 16.0 Å². The van der Waals surface area contributed by atoms with Crippen molar-refractivity contribution in [1.82, 2.24) is 20.2 Å². The van der Waals surface area contributed by atoms with Gasteiger partial charge < -0.3 is 19.9 Å². The van der Waals surface area contributed by atoms with Crippen molar-refractivity contribution < 1.29 is 19.2 Å². The van der Waals surface area contributed by atoms with Gasteiger partial charge in [0.1, 0.15) is 11.9 Å². The van der Waals surface area contributed by atoms with E-state index >= 15 is 0 Å². The minimum absolute atomic E-state index is 0.0254. The van der Waals surface area contributed by atoms with Crippen molar-refractivity contribution in [2.24, 2.45) is 5.92 Å². The van der Waals surface area contributed by atoms with Crippen molar-refractivity contribution in [2.45, 2.75) is 65.0 Å². The number of amides is 2. The predicted molar refractivity (Wildman–Crippen MR) is 153 cm³/mol. The van der Waals surface area contributed by atoms with Gasteiger partial charge in [0.25, 0.3) is 5.69 Å². The Morgan fingerprint density at radius 1 is 1.15 bits per heavy atom. The molecule has 0 radical (unpaired) electrons. The molecule has 2 aromatic carbocycles. The third-order valence-electron chi connectivity index (χ3n) is 7.40. The molecule has 2 amide bonds. The zero-order valence-corrected chi connectivity index (χ0v) is 23.9. The fourth-order valence-corrected chi connectivity index (χ4v) is 5.09. The number of aromatic amines is 1. The van der Waals surface area contributed by atoms with Gasteiger partial charge in [-0.1, -0.05) is 58.9 Å². The van der Waals surface area contributed by atoms with Crippen LogP contribution < -0.4 is 5.32 Å². The first-order chi connectivity index (χ1) is 18.9. The van der Waals surface area contributed by atoms with Gasteiger partial charge in [-0.3, -0.25) is 14.9 Å². The Labute approximate surface area is 234 Å². The number of nitro groups is 1. The van der Waals surface area contributed by atoms with Crippen LogP contribution in [0.25, 0.3) is 22.4 Å². The molecule has 1 aromatic heterocycles. The number of alkyl carbamates (subject to hydrolysis) is 1. The summed E-state index contributed by atoms with van der Waals surface area (Å²) in [5.74, 6) is 0.323. The van der Waals surface area contributed by atoms with Gasteiger partial charge in [-0.05, 0) is 47.4 Å². The van der Waals surface area contributed by atoms with Gasteiger partial charge in [-0.25, -0.2) is 9.78 Å². The Bertz CT molecular complexity index is 1390. The highest BCUT2D eigenvalue weighted by molar-refractivity contribution is 5.86. The van der Waals surface area contributed by atoms with Crippen LogP contribution in [-0.2, 0) is 14.9 Å². The number of likely N-dealkylation sites (tertiary alicyclic amines) is 1. The number of ether oxygens (including phenoxy) is 1. The van der Waals surface area contributed by atoms with Gasteiger partial charge in [0.15, 0.2) is 0 Å². The molecule has 1 aliphatic rings. The highest BCUT2D eigenvalue weighted by atomic mass is 16.6. The van der Waals surface area contributed by atoms with E-state index in [0.29, 0.717) is 23.6 Å². The van der Waals surface area contributed by atoms with E-state index in [1.165, 1.54) is 13.2 Å². The second-order valence-electron chi connectivity index (χ2n) is 11.5. The quantitative estimate of drug-likeness (QED) is 0.276. The van der Waals surface area contributed by atoms with Crippen LogP contribution in [0.2, 0.25) is 0 Å². The molecule has 0 spiro atoms. The average Bonchev–Trinajstić information content (AvgIpc) is 3.60. The molecule has 10 nitrogen and oxygen atoms in total. The molecular weight excluding hydrogens is 510 g/mol. The molecule has 0 bridgehead atoms. The molecule has 0 saturated carbocycles. The number of nitrogens with one attached hydrogen (secondary N) is 2. The summed E-state index contributed by atoms with van der Waals surface area (Å²) in [5, 5.41) is 14.5. The maximum absolute atomic E-state index is 13.4. The van der Waals surface area contributed by atoms with Crippen LogP contribution in [0.1, 0.15) is 64.9 Å². The van der Waals surface area contributed by atoms with Crippen LogP contribution in [0.3, 0.4) is 0 Å². The number of benzene rings is 2. The largest absolute Gasteiger partial charge is 0.453 e. The highest BCUT2D eigenvalue weighted by Crippen LogP contribution is 2.37. The molecule has 2 N–H and O–H groups in total. The number of rotatable bonds is 7. The number of methoxy groups -OCH3 is 1. The SMILES string of the molecule is COC(=O)N[C@H](C(=O)N1CCC[C@H]1c1ncc(-c2ccc([N+](=O)[O-])c(-c3ccc(C(C)(C)C)cc3)c2)[nH]1)C(C)C. The Hall–Kier alpha value is -4.21. The lowest BCUT2D eigenvalue weighted by atomic mass is 9.86. The number of carbonyl (C=O) groups excluding carboxylic acids is 2. The third-order valence-corrected chi connectivity index (χ3v) is 7.40. The number of hydrogen-bond donors (Lipinski definition) is 2. The van der Waals surface area contributed by atoms with Gasteiger partial charge in [0.2, 0.25) is 5.91 Å². The zero-order chi connectivity index (χ0) is 29.2. The Balaban J connectivity index is 1.63. The van der Waals surface area contributed by atoms with Gasteiger partial charge in [0.05, 0.1) is 35.5 Å². The van der Waals surface area contributed by atoms with Gasteiger partial charge in [-0.15, -0.1) is 0 Å². The van der Waals surface area contributed by atoms with Crippen LogP contribution in [0.5, 0.6) is 0 Å². The van der Waals surface area contributed by atoms with Crippen LogP contribution in [0.4, 0.5) is 10.5 Å². The number of aromatic nitrogens is 2. The molecule has 3 aromatic rings. The Morgan fingerprint density at radius 3 is 2.42 bits per heavy atom. The van der Waals surface area contributed by atoms with Crippen molar-refractivity contribution in [2.75, 3.05) is 13.7 Å². The van der Waals surface area contributed by atoms with E-state index in [4.69, 9.17) is 4.74 Å². The van der Waals surface area contributed by atoms with Crippen molar-refractivity contribution in [3.05, 3.63) is 70.2 Å². The van der Waals surface area contributed by atoms with E-state index < -0.39 is 12.1 Å². The number of H-pyrrole nitrogens is 1. The third kappa shape index (κ3) is 6.00. The lowest BCUT2D eigenvalue weighted by Crippen LogP contribution is -2.51. The lowest BCUT2D eigenvalue weighted by Gasteiger charge is -2.30. The van der Waals surface area contributed by atoms with E-state index in [-0.39, 0.29) is 33.9 Å². The second kappa shape index (κ2) is 11.5. The summed E-state index contributed by atoms with van der Waals surface area (Å²) in [5.41, 5.74) is 3.87. The fourth-order valence-electron chi connectivity index (χ4n) is 5.09. The first-order valence-corrected chi connectivity index (χ1v) is 13.5. The number of carbonyl (C=O) groups is 2.